The van der Waals surface area contributed by atoms with Gasteiger partial charge in [-0.1, -0.05) is 60.6 Å². The number of amides is 6. The van der Waals surface area contributed by atoms with Crippen LogP contribution in [0.1, 0.15) is 116 Å². The highest BCUT2D eigenvalue weighted by Crippen LogP contribution is 2.48. The summed E-state index contributed by atoms with van der Waals surface area (Å²) in [4.78, 5) is 94.0. The molecule has 5 heterocycles. The molecule has 2 aromatic heterocycles. The molecule has 6 atom stereocenters. The van der Waals surface area contributed by atoms with Crippen molar-refractivity contribution in [3.8, 4) is 0 Å². The van der Waals surface area contributed by atoms with Crippen molar-refractivity contribution in [2.24, 2.45) is 11.8 Å². The van der Waals surface area contributed by atoms with Gasteiger partial charge in [0.05, 0.1) is 37.7 Å². The Morgan fingerprint density at radius 1 is 0.667 bits per heavy atom. The molecule has 3 fully saturated rings. The lowest BCUT2D eigenvalue weighted by Crippen LogP contribution is -2.54. The third-order valence-electron chi connectivity index (χ3n) is 12.1. The second-order valence-corrected chi connectivity index (χ2v) is 19.8. The van der Waals surface area contributed by atoms with Gasteiger partial charge >= 0.3 is 12.2 Å². The number of hydrogen-bond donors (Lipinski definition) is 4. The monoisotopic (exact) mass is 907 g/mol. The van der Waals surface area contributed by atoms with Crippen molar-refractivity contribution in [2.75, 3.05) is 42.8 Å². The lowest BCUT2D eigenvalue weighted by atomic mass is 9.87. The highest BCUT2D eigenvalue weighted by Gasteiger charge is 2.42. The lowest BCUT2D eigenvalue weighted by Gasteiger charge is -2.32. The number of thiazole rings is 2. The Morgan fingerprint density at radius 2 is 1.08 bits per heavy atom. The largest absolute Gasteiger partial charge is 0.453 e. The summed E-state index contributed by atoms with van der Waals surface area (Å²) >= 11 is 2.65. The summed E-state index contributed by atoms with van der Waals surface area (Å²) in [7, 11) is 2.48. The van der Waals surface area contributed by atoms with Crippen LogP contribution < -0.4 is 26.2 Å². The minimum Gasteiger partial charge on any atom is -0.453 e. The molecule has 3 aliphatic rings. The second kappa shape index (κ2) is 20.0. The van der Waals surface area contributed by atoms with E-state index in [1.807, 2.05) is 38.5 Å². The Balaban J connectivity index is 1.19. The number of rotatable bonds is 13. The van der Waals surface area contributed by atoms with Gasteiger partial charge in [0.25, 0.3) is 0 Å². The quantitative estimate of drug-likeness (QED) is 0.144. The van der Waals surface area contributed by atoms with E-state index in [4.69, 9.17) is 19.4 Å². The van der Waals surface area contributed by atoms with Crippen LogP contribution in [0.3, 0.4) is 0 Å². The first-order chi connectivity index (χ1) is 29.9. The number of carbonyl (C=O) groups is 6. The Hall–Kier alpha value is -5.30. The van der Waals surface area contributed by atoms with Gasteiger partial charge in [-0.15, -0.1) is 22.7 Å². The standard InChI is InChI=1S/C44H61N9O8S2/c1-24(2)34(47-42(58)60-8)38(56)51-20-10-12-32(51)36(54)49-40-45-28(22-62-40)30-18-19-31(53(30)27-16-14-26(15-17-27)44(5,6)7)29-23-63-41(46-29)50-37(55)33-13-11-21-52(33)39(57)35(25(3)4)48-43(59)61-9/h14-17,22-25,30-35H,10-13,18-21H2,1-9H3,(H,47,58)(H,48,59)(H,45,49,54)(H,46,50,55). The SMILES string of the molecule is COC(=O)NC(C(=O)N1CCCC1C(=O)Nc1nc(C2CCC(c3csc(NC(=O)C4CCCN4C(=O)C(NC(=O)OC)C(C)C)n3)N2c2ccc(C(C)(C)C)cc2)cs1)C(C)C. The molecule has 342 valence electrons. The van der Waals surface area contributed by atoms with E-state index >= 15 is 0 Å². The average Bonchev–Trinajstić information content (AvgIpc) is 4.10. The van der Waals surface area contributed by atoms with Gasteiger partial charge in [0.1, 0.15) is 24.2 Å². The minimum atomic E-state index is -0.838. The molecule has 0 aliphatic carbocycles. The first-order valence-electron chi connectivity index (χ1n) is 21.6. The number of alkyl carbamates (subject to hydrolysis) is 2. The number of hydrogen-bond acceptors (Lipinski definition) is 13. The number of benzene rings is 1. The molecule has 3 aliphatic heterocycles. The molecule has 0 radical (unpaired) electrons. The molecule has 3 aromatic rings. The zero-order chi connectivity index (χ0) is 45.7. The number of nitrogens with zero attached hydrogens (tertiary/aromatic N) is 5. The predicted octanol–water partition coefficient (Wildman–Crippen LogP) is 6.60. The maximum atomic E-state index is 13.8. The fourth-order valence-corrected chi connectivity index (χ4v) is 10.1. The molecule has 17 nitrogen and oxygen atoms in total. The van der Waals surface area contributed by atoms with Gasteiger partial charge in [-0.3, -0.25) is 19.2 Å². The second-order valence-electron chi connectivity index (χ2n) is 18.0. The predicted molar refractivity (Wildman–Crippen MR) is 242 cm³/mol. The normalized spacial score (nSPS) is 21.0. The average molecular weight is 908 g/mol. The molecule has 3 saturated heterocycles. The maximum absolute atomic E-state index is 13.8. The van der Waals surface area contributed by atoms with Gasteiger partial charge in [-0.05, 0) is 73.5 Å². The van der Waals surface area contributed by atoms with Gasteiger partial charge in [-0.25, -0.2) is 19.6 Å². The molecule has 19 heteroatoms. The summed E-state index contributed by atoms with van der Waals surface area (Å²) < 4.78 is 9.48. The van der Waals surface area contributed by atoms with E-state index in [0.29, 0.717) is 49.0 Å². The van der Waals surface area contributed by atoms with Crippen LogP contribution in [0.4, 0.5) is 25.5 Å². The molecule has 0 bridgehead atoms. The fraction of sp³-hybridized carbons (Fsp3) is 0.591. The van der Waals surface area contributed by atoms with Crippen molar-refractivity contribution in [3.05, 3.63) is 52.0 Å². The summed E-state index contributed by atoms with van der Waals surface area (Å²) in [5, 5.41) is 16.0. The topological polar surface area (TPSA) is 204 Å². The number of nitrogens with one attached hydrogen (secondary N) is 4. The molecule has 6 unspecified atom stereocenters. The van der Waals surface area contributed by atoms with E-state index < -0.39 is 36.4 Å². The summed E-state index contributed by atoms with van der Waals surface area (Å²) in [6, 6.07) is 5.09. The Bertz CT molecular complexity index is 2010. The van der Waals surface area contributed by atoms with E-state index in [9.17, 15) is 28.8 Å². The van der Waals surface area contributed by atoms with Crippen LogP contribution in [0, 0.1) is 11.8 Å². The van der Waals surface area contributed by atoms with Crippen LogP contribution >= 0.6 is 22.7 Å². The van der Waals surface area contributed by atoms with Crippen molar-refractivity contribution >= 4 is 74.4 Å². The Labute approximate surface area is 377 Å². The Kier molecular flexibility index (Phi) is 15.0. The number of likely N-dealkylation sites (tertiary alicyclic amines) is 2. The first-order valence-corrected chi connectivity index (χ1v) is 23.4. The van der Waals surface area contributed by atoms with E-state index in [1.54, 1.807) is 0 Å². The molecular formula is C44H61N9O8S2. The van der Waals surface area contributed by atoms with Crippen LogP contribution in [0.25, 0.3) is 0 Å². The van der Waals surface area contributed by atoms with Gasteiger partial charge in [0.15, 0.2) is 10.3 Å². The lowest BCUT2D eigenvalue weighted by molar-refractivity contribution is -0.139. The molecule has 1 aromatic carbocycles. The highest BCUT2D eigenvalue weighted by molar-refractivity contribution is 7.14. The van der Waals surface area contributed by atoms with Crippen molar-refractivity contribution in [1.82, 2.24) is 30.4 Å². The van der Waals surface area contributed by atoms with Gasteiger partial charge in [0, 0.05) is 29.5 Å². The summed E-state index contributed by atoms with van der Waals surface area (Å²) in [6.45, 7) is 14.6. The summed E-state index contributed by atoms with van der Waals surface area (Å²) in [6.07, 6.45) is 2.35. The Morgan fingerprint density at radius 3 is 1.44 bits per heavy atom. The van der Waals surface area contributed by atoms with Crippen molar-refractivity contribution in [3.63, 3.8) is 0 Å². The van der Waals surface area contributed by atoms with Gasteiger partial charge in [0.2, 0.25) is 23.6 Å². The fourth-order valence-electron chi connectivity index (χ4n) is 8.62. The maximum Gasteiger partial charge on any atom is 0.407 e. The number of anilines is 3. The minimum absolute atomic E-state index is 0.0491. The molecule has 6 rings (SSSR count). The van der Waals surface area contributed by atoms with Crippen molar-refractivity contribution < 1.29 is 38.2 Å². The van der Waals surface area contributed by atoms with Gasteiger partial charge in [-0.2, -0.15) is 0 Å². The van der Waals surface area contributed by atoms with Crippen molar-refractivity contribution in [2.45, 2.75) is 129 Å². The van der Waals surface area contributed by atoms with E-state index in [-0.39, 0.29) is 53.0 Å². The summed E-state index contributed by atoms with van der Waals surface area (Å²) in [5.41, 5.74) is 3.70. The number of methoxy groups -OCH3 is 2. The first kappa shape index (κ1) is 47.2. The molecule has 6 amide bonds. The third kappa shape index (κ3) is 10.7. The van der Waals surface area contributed by atoms with E-state index in [2.05, 4.69) is 71.2 Å². The number of aromatic nitrogens is 2. The summed E-state index contributed by atoms with van der Waals surface area (Å²) in [5.74, 6) is -1.77. The van der Waals surface area contributed by atoms with E-state index in [0.717, 1.165) is 29.9 Å². The number of carbonyl (C=O) groups excluding carboxylic acids is 6. The smallest absolute Gasteiger partial charge is 0.407 e. The van der Waals surface area contributed by atoms with Crippen LogP contribution in [0.15, 0.2) is 35.0 Å². The molecule has 63 heavy (non-hydrogen) atoms. The molecule has 0 spiro atoms. The van der Waals surface area contributed by atoms with Crippen molar-refractivity contribution in [1.29, 1.82) is 0 Å². The molecular weight excluding hydrogens is 847 g/mol. The zero-order valence-electron chi connectivity index (χ0n) is 37.6. The third-order valence-corrected chi connectivity index (χ3v) is 13.6. The van der Waals surface area contributed by atoms with Crippen LogP contribution in [0.5, 0.6) is 0 Å². The number of ether oxygens (including phenoxy) is 2. The van der Waals surface area contributed by atoms with E-state index in [1.165, 1.54) is 52.3 Å². The van der Waals surface area contributed by atoms with Crippen LogP contribution in [-0.4, -0.2) is 107 Å². The van der Waals surface area contributed by atoms with Gasteiger partial charge < -0.3 is 45.4 Å². The zero-order valence-corrected chi connectivity index (χ0v) is 39.2. The highest BCUT2D eigenvalue weighted by atomic mass is 32.1. The van der Waals surface area contributed by atoms with Crippen LogP contribution in [-0.2, 0) is 34.1 Å². The molecule has 0 saturated carbocycles. The molecule has 4 N–H and O–H groups in total. The van der Waals surface area contributed by atoms with Crippen LogP contribution in [0.2, 0.25) is 0 Å².